The molecule has 0 aliphatic heterocycles. The molecule has 0 saturated heterocycles. The van der Waals surface area contributed by atoms with Crippen LogP contribution in [0.2, 0.25) is 0 Å². The van der Waals surface area contributed by atoms with E-state index in [1.54, 1.807) is 19.1 Å². The standard InChI is InChI=1S/C21H29N3O5S2/c1-4-12-24(13-5-2)31(28,29)20-11-7-9-18(15-20)21(25)23-16(3)17-8-6-10-19(14-17)30(22,26)27/h6-11,14-16H,4-5,12-13H2,1-3H3,(H,23,25)(H2,22,26,27)/t16-/m1/s1. The van der Waals surface area contributed by atoms with E-state index in [2.05, 4.69) is 5.32 Å². The number of hydrogen-bond donors (Lipinski definition) is 2. The monoisotopic (exact) mass is 467 g/mol. The van der Waals surface area contributed by atoms with Gasteiger partial charge in [0.05, 0.1) is 15.8 Å². The molecule has 0 heterocycles. The second kappa shape index (κ2) is 10.4. The van der Waals surface area contributed by atoms with Crippen LogP contribution in [0.3, 0.4) is 0 Å². The van der Waals surface area contributed by atoms with Crippen LogP contribution in [0.25, 0.3) is 0 Å². The maximum absolute atomic E-state index is 13.0. The Balaban J connectivity index is 2.26. The predicted molar refractivity (Wildman–Crippen MR) is 119 cm³/mol. The van der Waals surface area contributed by atoms with Gasteiger partial charge >= 0.3 is 0 Å². The summed E-state index contributed by atoms with van der Waals surface area (Å²) >= 11 is 0. The molecule has 0 aliphatic rings. The number of hydrogen-bond acceptors (Lipinski definition) is 5. The zero-order valence-electron chi connectivity index (χ0n) is 17.9. The van der Waals surface area contributed by atoms with E-state index in [4.69, 9.17) is 5.14 Å². The van der Waals surface area contributed by atoms with E-state index in [0.717, 1.165) is 0 Å². The molecule has 3 N–H and O–H groups in total. The van der Waals surface area contributed by atoms with Gasteiger partial charge in [0.1, 0.15) is 0 Å². The molecular formula is C21H29N3O5S2. The van der Waals surface area contributed by atoms with Crippen molar-refractivity contribution in [1.29, 1.82) is 0 Å². The van der Waals surface area contributed by atoms with Gasteiger partial charge in [-0.1, -0.05) is 32.0 Å². The molecule has 0 bridgehead atoms. The van der Waals surface area contributed by atoms with Crippen LogP contribution in [0.4, 0.5) is 0 Å². The molecule has 170 valence electrons. The number of carbonyl (C=O) groups is 1. The number of carbonyl (C=O) groups excluding carboxylic acids is 1. The molecule has 1 atom stereocenters. The van der Waals surface area contributed by atoms with Crippen LogP contribution in [0.15, 0.2) is 58.3 Å². The topological polar surface area (TPSA) is 127 Å². The molecule has 10 heteroatoms. The smallest absolute Gasteiger partial charge is 0.251 e. The Morgan fingerprint density at radius 3 is 2.13 bits per heavy atom. The summed E-state index contributed by atoms with van der Waals surface area (Å²) in [7, 11) is -7.57. The van der Waals surface area contributed by atoms with Crippen molar-refractivity contribution in [1.82, 2.24) is 9.62 Å². The number of rotatable bonds is 10. The van der Waals surface area contributed by atoms with Crippen molar-refractivity contribution in [2.75, 3.05) is 13.1 Å². The van der Waals surface area contributed by atoms with Gasteiger partial charge in [0.2, 0.25) is 20.0 Å². The number of nitrogens with two attached hydrogens (primary N) is 1. The summed E-state index contributed by atoms with van der Waals surface area (Å²) in [5.74, 6) is -0.469. The molecule has 0 unspecified atom stereocenters. The highest BCUT2D eigenvalue weighted by molar-refractivity contribution is 7.89. The highest BCUT2D eigenvalue weighted by atomic mass is 32.2. The number of primary sulfonamides is 1. The van der Waals surface area contributed by atoms with Crippen molar-refractivity contribution in [3.8, 4) is 0 Å². The summed E-state index contributed by atoms with van der Waals surface area (Å²) in [6, 6.07) is 11.4. The van der Waals surface area contributed by atoms with Crippen LogP contribution >= 0.6 is 0 Å². The Morgan fingerprint density at radius 1 is 0.968 bits per heavy atom. The third kappa shape index (κ3) is 6.36. The van der Waals surface area contributed by atoms with E-state index in [1.165, 1.54) is 40.7 Å². The average molecular weight is 468 g/mol. The summed E-state index contributed by atoms with van der Waals surface area (Å²) in [5, 5.41) is 7.93. The normalized spacial score (nSPS) is 13.2. The van der Waals surface area contributed by atoms with Gasteiger partial charge in [0.15, 0.2) is 0 Å². The Kier molecular flexibility index (Phi) is 8.35. The first kappa shape index (κ1) is 25.0. The van der Waals surface area contributed by atoms with Gasteiger partial charge in [-0.25, -0.2) is 22.0 Å². The van der Waals surface area contributed by atoms with Crippen LogP contribution in [-0.2, 0) is 20.0 Å². The number of sulfonamides is 2. The maximum atomic E-state index is 13.0. The fourth-order valence-corrected chi connectivity index (χ4v) is 5.36. The Labute approximate surface area is 184 Å². The number of nitrogens with zero attached hydrogens (tertiary/aromatic N) is 1. The van der Waals surface area contributed by atoms with Crippen molar-refractivity contribution in [3.05, 3.63) is 59.7 Å². The van der Waals surface area contributed by atoms with Crippen LogP contribution in [0.5, 0.6) is 0 Å². The fourth-order valence-electron chi connectivity index (χ4n) is 3.12. The first-order chi connectivity index (χ1) is 14.5. The molecule has 1 amide bonds. The Morgan fingerprint density at radius 2 is 1.55 bits per heavy atom. The molecule has 0 fully saturated rings. The van der Waals surface area contributed by atoms with Crippen molar-refractivity contribution < 1.29 is 21.6 Å². The van der Waals surface area contributed by atoms with Crippen LogP contribution in [0, 0.1) is 0 Å². The molecule has 0 aromatic heterocycles. The predicted octanol–water partition coefficient (Wildman–Crippen LogP) is 2.64. The van der Waals surface area contributed by atoms with E-state index in [9.17, 15) is 21.6 Å². The minimum absolute atomic E-state index is 0.0499. The van der Waals surface area contributed by atoms with Crippen LogP contribution < -0.4 is 10.5 Å². The van der Waals surface area contributed by atoms with Gasteiger partial charge in [-0.05, 0) is 55.7 Å². The second-order valence-corrected chi connectivity index (χ2v) is 10.7. The van der Waals surface area contributed by atoms with Crippen molar-refractivity contribution in [2.45, 2.75) is 49.4 Å². The van der Waals surface area contributed by atoms with E-state index in [0.29, 0.717) is 31.5 Å². The van der Waals surface area contributed by atoms with Crippen molar-refractivity contribution in [3.63, 3.8) is 0 Å². The zero-order valence-corrected chi connectivity index (χ0v) is 19.5. The summed E-state index contributed by atoms with van der Waals surface area (Å²) in [4.78, 5) is 12.8. The van der Waals surface area contributed by atoms with Gasteiger partial charge in [-0.15, -0.1) is 0 Å². The lowest BCUT2D eigenvalue weighted by Gasteiger charge is -2.21. The highest BCUT2D eigenvalue weighted by Crippen LogP contribution is 2.20. The SMILES string of the molecule is CCCN(CCC)S(=O)(=O)c1cccc(C(=O)N[C@H](C)c2cccc(S(N)(=O)=O)c2)c1. The number of nitrogens with one attached hydrogen (secondary N) is 1. The molecule has 0 saturated carbocycles. The summed E-state index contributed by atoms with van der Waals surface area (Å²) in [6.45, 7) is 6.34. The van der Waals surface area contributed by atoms with Gasteiger partial charge in [-0.2, -0.15) is 4.31 Å². The largest absolute Gasteiger partial charge is 0.346 e. The molecule has 0 radical (unpaired) electrons. The van der Waals surface area contributed by atoms with E-state index < -0.39 is 32.0 Å². The second-order valence-electron chi connectivity index (χ2n) is 7.24. The van der Waals surface area contributed by atoms with Crippen molar-refractivity contribution >= 4 is 26.0 Å². The van der Waals surface area contributed by atoms with Crippen molar-refractivity contribution in [2.24, 2.45) is 5.14 Å². The van der Waals surface area contributed by atoms with Gasteiger partial charge < -0.3 is 5.32 Å². The number of amides is 1. The molecule has 2 aromatic rings. The molecule has 2 rings (SSSR count). The lowest BCUT2D eigenvalue weighted by molar-refractivity contribution is 0.0939. The zero-order chi connectivity index (χ0) is 23.2. The minimum atomic E-state index is -3.86. The molecule has 0 aliphatic carbocycles. The summed E-state index contributed by atoms with van der Waals surface area (Å²) < 4.78 is 50.5. The van der Waals surface area contributed by atoms with Crippen LogP contribution in [-0.4, -0.2) is 40.1 Å². The third-order valence-electron chi connectivity index (χ3n) is 4.71. The van der Waals surface area contributed by atoms with E-state index >= 15 is 0 Å². The molecule has 0 spiro atoms. The van der Waals surface area contributed by atoms with Gasteiger partial charge in [-0.3, -0.25) is 4.79 Å². The first-order valence-corrected chi connectivity index (χ1v) is 13.0. The third-order valence-corrected chi connectivity index (χ3v) is 7.52. The lowest BCUT2D eigenvalue weighted by atomic mass is 10.1. The summed E-state index contributed by atoms with van der Waals surface area (Å²) in [5.41, 5.74) is 0.754. The fraction of sp³-hybridized carbons (Fsp3) is 0.381. The Bertz CT molecular complexity index is 1130. The van der Waals surface area contributed by atoms with Gasteiger partial charge in [0.25, 0.3) is 5.91 Å². The Hall–Kier alpha value is -2.27. The molecular weight excluding hydrogens is 438 g/mol. The minimum Gasteiger partial charge on any atom is -0.346 e. The molecule has 31 heavy (non-hydrogen) atoms. The maximum Gasteiger partial charge on any atom is 0.251 e. The quantitative estimate of drug-likeness (QED) is 0.555. The summed E-state index contributed by atoms with van der Waals surface area (Å²) in [6.07, 6.45) is 1.38. The van der Waals surface area contributed by atoms with E-state index in [-0.39, 0.29) is 15.4 Å². The van der Waals surface area contributed by atoms with Crippen LogP contribution in [0.1, 0.15) is 55.6 Å². The average Bonchev–Trinajstić information content (AvgIpc) is 2.73. The number of benzene rings is 2. The van der Waals surface area contributed by atoms with Gasteiger partial charge in [0, 0.05) is 18.7 Å². The molecule has 2 aromatic carbocycles. The highest BCUT2D eigenvalue weighted by Gasteiger charge is 2.24. The van der Waals surface area contributed by atoms with E-state index in [1.807, 2.05) is 13.8 Å². The first-order valence-electron chi connectivity index (χ1n) is 10.0. The lowest BCUT2D eigenvalue weighted by Crippen LogP contribution is -2.33. The molecule has 8 nitrogen and oxygen atoms in total.